The molecule has 2 aromatic rings. The van der Waals surface area contributed by atoms with Crippen LogP contribution in [0.1, 0.15) is 22.7 Å². The van der Waals surface area contributed by atoms with Gasteiger partial charge in [0.25, 0.3) is 11.7 Å². The number of phenols is 1. The number of hydrogen-bond acceptors (Lipinski definition) is 7. The molecule has 2 aromatic carbocycles. The molecular weight excluding hydrogens is 424 g/mol. The zero-order valence-electron chi connectivity index (χ0n) is 18.8. The highest BCUT2D eigenvalue weighted by Crippen LogP contribution is 2.41. The number of likely N-dealkylation sites (tertiary alicyclic amines) is 1. The van der Waals surface area contributed by atoms with Crippen LogP contribution in [0.15, 0.2) is 48.0 Å². The molecule has 2 heterocycles. The average molecular weight is 453 g/mol. The number of aliphatic hydroxyl groups excluding tert-OH is 1. The van der Waals surface area contributed by atoms with Crippen molar-refractivity contribution in [2.24, 2.45) is 0 Å². The van der Waals surface area contributed by atoms with E-state index >= 15 is 0 Å². The fraction of sp³-hybridized carbons (Fsp3) is 0.360. The first kappa shape index (κ1) is 22.8. The van der Waals surface area contributed by atoms with E-state index in [-0.39, 0.29) is 22.8 Å². The number of aliphatic hydroxyl groups is 1. The minimum Gasteiger partial charge on any atom is -0.507 e. The summed E-state index contributed by atoms with van der Waals surface area (Å²) in [6.45, 7) is 5.58. The van der Waals surface area contributed by atoms with Gasteiger partial charge in [0.15, 0.2) is 11.5 Å². The van der Waals surface area contributed by atoms with Crippen LogP contribution in [0.4, 0.5) is 0 Å². The van der Waals surface area contributed by atoms with E-state index in [0.29, 0.717) is 37.4 Å². The number of ether oxygens (including phenoxy) is 2. The zero-order chi connectivity index (χ0) is 23.5. The molecule has 2 fully saturated rings. The number of hydrogen-bond donors (Lipinski definition) is 2. The Labute approximate surface area is 192 Å². The van der Waals surface area contributed by atoms with Crippen LogP contribution in [0.25, 0.3) is 5.76 Å². The summed E-state index contributed by atoms with van der Waals surface area (Å²) in [5.41, 5.74) is 2.07. The number of nitrogens with zero attached hydrogens (tertiary/aromatic N) is 2. The van der Waals surface area contributed by atoms with Crippen molar-refractivity contribution in [1.29, 1.82) is 0 Å². The Morgan fingerprint density at radius 3 is 2.45 bits per heavy atom. The molecule has 0 bridgehead atoms. The minimum atomic E-state index is -0.804. The first-order valence-corrected chi connectivity index (χ1v) is 10.9. The third-order valence-corrected chi connectivity index (χ3v) is 6.15. The van der Waals surface area contributed by atoms with Crippen molar-refractivity contribution in [2.45, 2.75) is 13.0 Å². The van der Waals surface area contributed by atoms with Gasteiger partial charge in [-0.3, -0.25) is 14.5 Å². The highest BCUT2D eigenvalue weighted by atomic mass is 16.5. The normalized spacial score (nSPS) is 20.9. The molecule has 1 atom stereocenters. The monoisotopic (exact) mass is 452 g/mol. The second-order valence-corrected chi connectivity index (χ2v) is 8.24. The SMILES string of the molecule is COc1cc(C2/C(=C(/O)c3ccc(C)cc3)C(=O)C(=O)N2CCN2CCOCC2)ccc1O. The number of morpholine rings is 1. The first-order valence-electron chi connectivity index (χ1n) is 10.9. The number of carbonyl (C=O) groups excluding carboxylic acids is 2. The quantitative estimate of drug-likeness (QED) is 0.395. The van der Waals surface area contributed by atoms with Gasteiger partial charge in [0.2, 0.25) is 0 Å². The van der Waals surface area contributed by atoms with Gasteiger partial charge in [-0.15, -0.1) is 0 Å². The van der Waals surface area contributed by atoms with Gasteiger partial charge in [0, 0.05) is 31.7 Å². The summed E-state index contributed by atoms with van der Waals surface area (Å²) in [5.74, 6) is -1.44. The molecule has 0 saturated carbocycles. The highest BCUT2D eigenvalue weighted by Gasteiger charge is 2.46. The molecule has 1 unspecified atom stereocenters. The molecule has 2 aliphatic heterocycles. The van der Waals surface area contributed by atoms with E-state index in [4.69, 9.17) is 9.47 Å². The molecule has 8 nitrogen and oxygen atoms in total. The van der Waals surface area contributed by atoms with Crippen LogP contribution in [0.2, 0.25) is 0 Å². The van der Waals surface area contributed by atoms with Gasteiger partial charge in [-0.1, -0.05) is 35.9 Å². The van der Waals surface area contributed by atoms with E-state index in [1.54, 1.807) is 24.3 Å². The minimum absolute atomic E-state index is 0.0265. The van der Waals surface area contributed by atoms with Crippen molar-refractivity contribution in [3.63, 3.8) is 0 Å². The molecule has 174 valence electrons. The number of methoxy groups -OCH3 is 1. The van der Waals surface area contributed by atoms with E-state index in [2.05, 4.69) is 4.90 Å². The van der Waals surface area contributed by atoms with Gasteiger partial charge in [-0.2, -0.15) is 0 Å². The van der Waals surface area contributed by atoms with Gasteiger partial charge in [-0.25, -0.2) is 0 Å². The molecule has 8 heteroatoms. The highest BCUT2D eigenvalue weighted by molar-refractivity contribution is 6.46. The number of amides is 1. The number of aryl methyl sites for hydroxylation is 1. The Morgan fingerprint density at radius 1 is 1.09 bits per heavy atom. The molecule has 2 aliphatic rings. The van der Waals surface area contributed by atoms with E-state index in [0.717, 1.165) is 18.7 Å². The molecule has 1 amide bonds. The lowest BCUT2D eigenvalue weighted by Gasteiger charge is -2.31. The fourth-order valence-electron chi connectivity index (χ4n) is 4.26. The molecule has 0 aromatic heterocycles. The Bertz CT molecular complexity index is 1070. The molecule has 0 spiro atoms. The Kier molecular flexibility index (Phi) is 6.67. The number of carbonyl (C=O) groups is 2. The van der Waals surface area contributed by atoms with Crippen LogP contribution in [0, 0.1) is 6.92 Å². The van der Waals surface area contributed by atoms with Crippen molar-refractivity contribution in [3.8, 4) is 11.5 Å². The second-order valence-electron chi connectivity index (χ2n) is 8.24. The molecule has 2 N–H and O–H groups in total. The summed E-state index contributed by atoms with van der Waals surface area (Å²) in [4.78, 5) is 29.9. The van der Waals surface area contributed by atoms with Crippen molar-refractivity contribution >= 4 is 17.4 Å². The van der Waals surface area contributed by atoms with Crippen LogP contribution < -0.4 is 4.74 Å². The maximum atomic E-state index is 13.1. The van der Waals surface area contributed by atoms with E-state index in [9.17, 15) is 19.8 Å². The van der Waals surface area contributed by atoms with Gasteiger partial charge in [0.1, 0.15) is 5.76 Å². The van der Waals surface area contributed by atoms with Gasteiger partial charge >= 0.3 is 0 Å². The van der Waals surface area contributed by atoms with E-state index in [1.807, 2.05) is 19.1 Å². The predicted molar refractivity (Wildman–Crippen MR) is 122 cm³/mol. The van der Waals surface area contributed by atoms with E-state index in [1.165, 1.54) is 18.1 Å². The maximum Gasteiger partial charge on any atom is 0.295 e. The molecule has 0 aliphatic carbocycles. The molecule has 2 saturated heterocycles. The third-order valence-electron chi connectivity index (χ3n) is 6.15. The third kappa shape index (κ3) is 4.58. The number of rotatable bonds is 6. The van der Waals surface area contributed by atoms with Crippen LogP contribution in [-0.2, 0) is 14.3 Å². The summed E-state index contributed by atoms with van der Waals surface area (Å²) in [7, 11) is 1.43. The number of Topliss-reactive ketones (excluding diaryl/α,β-unsaturated/α-hetero) is 1. The summed E-state index contributed by atoms with van der Waals surface area (Å²) in [6.07, 6.45) is 0. The van der Waals surface area contributed by atoms with Crippen LogP contribution in [0.5, 0.6) is 11.5 Å². The fourth-order valence-corrected chi connectivity index (χ4v) is 4.26. The Morgan fingerprint density at radius 2 is 1.79 bits per heavy atom. The maximum absolute atomic E-state index is 13.1. The second kappa shape index (κ2) is 9.64. The van der Waals surface area contributed by atoms with Crippen LogP contribution in [-0.4, -0.2) is 78.2 Å². The lowest BCUT2D eigenvalue weighted by Crippen LogP contribution is -2.42. The Balaban J connectivity index is 1.76. The predicted octanol–water partition coefficient (Wildman–Crippen LogP) is 2.46. The summed E-state index contributed by atoms with van der Waals surface area (Å²) in [5, 5.41) is 21.2. The lowest BCUT2D eigenvalue weighted by atomic mass is 9.94. The van der Waals surface area contributed by atoms with Crippen molar-refractivity contribution in [3.05, 3.63) is 64.7 Å². The number of ketones is 1. The first-order chi connectivity index (χ1) is 15.9. The van der Waals surface area contributed by atoms with Crippen LogP contribution in [0.3, 0.4) is 0 Å². The summed E-state index contributed by atoms with van der Waals surface area (Å²) >= 11 is 0. The van der Waals surface area contributed by atoms with Crippen molar-refractivity contribution < 1.29 is 29.3 Å². The topological polar surface area (TPSA) is 99.5 Å². The molecular formula is C25H28N2O6. The number of aromatic hydroxyl groups is 1. The van der Waals surface area contributed by atoms with Crippen molar-refractivity contribution in [1.82, 2.24) is 9.80 Å². The van der Waals surface area contributed by atoms with Crippen LogP contribution >= 0.6 is 0 Å². The average Bonchev–Trinajstić information content (AvgIpc) is 3.08. The summed E-state index contributed by atoms with van der Waals surface area (Å²) < 4.78 is 10.6. The smallest absolute Gasteiger partial charge is 0.295 e. The van der Waals surface area contributed by atoms with Gasteiger partial charge in [-0.05, 0) is 24.6 Å². The summed E-state index contributed by atoms with van der Waals surface area (Å²) in [6, 6.07) is 11.0. The van der Waals surface area contributed by atoms with E-state index < -0.39 is 17.7 Å². The largest absolute Gasteiger partial charge is 0.507 e. The van der Waals surface area contributed by atoms with Gasteiger partial charge < -0.3 is 24.6 Å². The Hall–Kier alpha value is -3.36. The zero-order valence-corrected chi connectivity index (χ0v) is 18.8. The molecule has 4 rings (SSSR count). The van der Waals surface area contributed by atoms with Crippen molar-refractivity contribution in [2.75, 3.05) is 46.5 Å². The number of benzene rings is 2. The van der Waals surface area contributed by atoms with Gasteiger partial charge in [0.05, 0.1) is 31.9 Å². The molecule has 0 radical (unpaired) electrons. The number of phenolic OH excluding ortho intramolecular Hbond substituents is 1. The standard InChI is InChI=1S/C25H28N2O6/c1-16-3-5-17(6-4-16)23(29)21-22(18-7-8-19(28)20(15-18)32-2)27(25(31)24(21)30)10-9-26-11-13-33-14-12-26/h3-8,15,22,28-29H,9-14H2,1-2H3/b23-21-. The lowest BCUT2D eigenvalue weighted by molar-refractivity contribution is -0.140. The molecule has 33 heavy (non-hydrogen) atoms.